The molecule has 4 heteroatoms. The average Bonchev–Trinajstić information content (AvgIpc) is 2.48. The molecule has 0 radical (unpaired) electrons. The van der Waals surface area contributed by atoms with E-state index in [1.807, 2.05) is 18.2 Å². The van der Waals surface area contributed by atoms with Crippen LogP contribution in [0.4, 0.5) is 0 Å². The lowest BCUT2D eigenvalue weighted by atomic mass is 10.0. The lowest BCUT2D eigenvalue weighted by Crippen LogP contribution is -2.43. The number of hydrogen-bond acceptors (Lipinski definition) is 3. The van der Waals surface area contributed by atoms with E-state index in [0.29, 0.717) is 25.1 Å². The molecule has 2 unspecified atom stereocenters. The SMILES string of the molecule is CC(C)c1ccccc1OCC(O)CN1CCCCC1C.Cl. The second-order valence-corrected chi connectivity index (χ2v) is 6.50. The van der Waals surface area contributed by atoms with Crippen LogP contribution in [0.1, 0.15) is 51.5 Å². The van der Waals surface area contributed by atoms with Crippen molar-refractivity contribution in [3.63, 3.8) is 0 Å². The minimum absolute atomic E-state index is 0. The number of benzene rings is 1. The fourth-order valence-corrected chi connectivity index (χ4v) is 3.03. The number of para-hydroxylation sites is 1. The number of hydrogen-bond donors (Lipinski definition) is 1. The van der Waals surface area contributed by atoms with Gasteiger partial charge in [-0.25, -0.2) is 0 Å². The molecular weight excluding hydrogens is 298 g/mol. The molecule has 0 aromatic heterocycles. The summed E-state index contributed by atoms with van der Waals surface area (Å²) >= 11 is 0. The Balaban J connectivity index is 0.00000242. The first-order valence-corrected chi connectivity index (χ1v) is 8.21. The van der Waals surface area contributed by atoms with Gasteiger partial charge < -0.3 is 9.84 Å². The molecule has 1 aliphatic rings. The van der Waals surface area contributed by atoms with Gasteiger partial charge in [0.1, 0.15) is 18.5 Å². The highest BCUT2D eigenvalue weighted by atomic mass is 35.5. The number of nitrogens with zero attached hydrogens (tertiary/aromatic N) is 1. The zero-order chi connectivity index (χ0) is 15.2. The number of rotatable bonds is 6. The van der Waals surface area contributed by atoms with Crippen LogP contribution in [0.15, 0.2) is 24.3 Å². The highest BCUT2D eigenvalue weighted by Crippen LogP contribution is 2.26. The van der Waals surface area contributed by atoms with Gasteiger partial charge in [-0.05, 0) is 43.9 Å². The first-order chi connectivity index (χ1) is 10.1. The lowest BCUT2D eigenvalue weighted by molar-refractivity contribution is 0.0435. The van der Waals surface area contributed by atoms with Crippen molar-refractivity contribution in [2.24, 2.45) is 0 Å². The first-order valence-electron chi connectivity index (χ1n) is 8.21. The maximum Gasteiger partial charge on any atom is 0.122 e. The van der Waals surface area contributed by atoms with Crippen molar-refractivity contribution in [2.75, 3.05) is 19.7 Å². The van der Waals surface area contributed by atoms with E-state index in [1.54, 1.807) is 0 Å². The van der Waals surface area contributed by atoms with E-state index in [-0.39, 0.29) is 12.4 Å². The van der Waals surface area contributed by atoms with Crippen molar-refractivity contribution >= 4 is 12.4 Å². The van der Waals surface area contributed by atoms with Crippen molar-refractivity contribution in [1.29, 1.82) is 0 Å². The molecule has 1 aliphatic heterocycles. The summed E-state index contributed by atoms with van der Waals surface area (Å²) in [5, 5.41) is 10.2. The predicted octanol–water partition coefficient (Wildman–Crippen LogP) is 3.85. The monoisotopic (exact) mass is 327 g/mol. The summed E-state index contributed by atoms with van der Waals surface area (Å²) in [5.41, 5.74) is 1.20. The molecule has 0 saturated carbocycles. The summed E-state index contributed by atoms with van der Waals surface area (Å²) in [7, 11) is 0. The van der Waals surface area contributed by atoms with Gasteiger partial charge in [-0.1, -0.05) is 38.5 Å². The Hall–Kier alpha value is -0.770. The van der Waals surface area contributed by atoms with E-state index < -0.39 is 6.10 Å². The quantitative estimate of drug-likeness (QED) is 0.861. The molecule has 0 aliphatic carbocycles. The molecule has 2 rings (SSSR count). The van der Waals surface area contributed by atoms with Crippen LogP contribution in [0.2, 0.25) is 0 Å². The summed E-state index contributed by atoms with van der Waals surface area (Å²) in [5.74, 6) is 1.33. The Labute approximate surface area is 141 Å². The Bertz CT molecular complexity index is 439. The zero-order valence-corrected chi connectivity index (χ0v) is 14.8. The molecule has 1 aromatic carbocycles. The topological polar surface area (TPSA) is 32.7 Å². The Morgan fingerprint density at radius 2 is 2.00 bits per heavy atom. The maximum atomic E-state index is 10.2. The van der Waals surface area contributed by atoms with Gasteiger partial charge in [0.25, 0.3) is 0 Å². The molecule has 1 fully saturated rings. The number of halogens is 1. The smallest absolute Gasteiger partial charge is 0.122 e. The molecule has 1 aromatic rings. The fraction of sp³-hybridized carbons (Fsp3) is 0.667. The predicted molar refractivity (Wildman–Crippen MR) is 94.2 cm³/mol. The van der Waals surface area contributed by atoms with Crippen LogP contribution >= 0.6 is 12.4 Å². The Morgan fingerprint density at radius 3 is 2.68 bits per heavy atom. The minimum Gasteiger partial charge on any atom is -0.491 e. The molecule has 1 N–H and O–H groups in total. The molecule has 126 valence electrons. The highest BCUT2D eigenvalue weighted by molar-refractivity contribution is 5.85. The van der Waals surface area contributed by atoms with Crippen molar-refractivity contribution in [3.05, 3.63) is 29.8 Å². The summed E-state index contributed by atoms with van der Waals surface area (Å²) in [4.78, 5) is 2.38. The van der Waals surface area contributed by atoms with E-state index in [9.17, 15) is 5.11 Å². The van der Waals surface area contributed by atoms with E-state index in [4.69, 9.17) is 4.74 Å². The highest BCUT2D eigenvalue weighted by Gasteiger charge is 2.21. The third kappa shape index (κ3) is 5.45. The number of likely N-dealkylation sites (tertiary alicyclic amines) is 1. The van der Waals surface area contributed by atoms with Crippen LogP contribution in [0.3, 0.4) is 0 Å². The fourth-order valence-electron chi connectivity index (χ4n) is 3.03. The molecule has 0 bridgehead atoms. The molecular formula is C18H30ClNO2. The summed E-state index contributed by atoms with van der Waals surface area (Å²) in [6.45, 7) is 8.75. The van der Waals surface area contributed by atoms with Crippen molar-refractivity contribution < 1.29 is 9.84 Å². The standard InChI is InChI=1S/C18H29NO2.ClH/c1-14(2)17-9-4-5-10-18(17)21-13-16(20)12-19-11-7-6-8-15(19)3;/h4-5,9-10,14-16,20H,6-8,11-13H2,1-3H3;1H. The van der Waals surface area contributed by atoms with Crippen LogP contribution in [0.25, 0.3) is 0 Å². The summed E-state index contributed by atoms with van der Waals surface area (Å²) in [6.07, 6.45) is 3.37. The normalized spacial score (nSPS) is 20.5. The van der Waals surface area contributed by atoms with Crippen molar-refractivity contribution in [1.82, 2.24) is 4.90 Å². The van der Waals surface area contributed by atoms with E-state index >= 15 is 0 Å². The molecule has 22 heavy (non-hydrogen) atoms. The summed E-state index contributed by atoms with van der Waals surface area (Å²) < 4.78 is 5.86. The van der Waals surface area contributed by atoms with Gasteiger partial charge in [-0.2, -0.15) is 0 Å². The molecule has 3 nitrogen and oxygen atoms in total. The van der Waals surface area contributed by atoms with Gasteiger partial charge in [0.15, 0.2) is 0 Å². The van der Waals surface area contributed by atoms with Crippen LogP contribution in [0.5, 0.6) is 5.75 Å². The molecule has 1 heterocycles. The van der Waals surface area contributed by atoms with Crippen LogP contribution in [-0.2, 0) is 0 Å². The van der Waals surface area contributed by atoms with Gasteiger partial charge in [0.2, 0.25) is 0 Å². The van der Waals surface area contributed by atoms with E-state index in [2.05, 4.69) is 31.7 Å². The van der Waals surface area contributed by atoms with E-state index in [0.717, 1.165) is 12.3 Å². The van der Waals surface area contributed by atoms with Crippen LogP contribution in [-0.4, -0.2) is 41.8 Å². The Kier molecular flexibility index (Phi) is 8.23. The number of ether oxygens (including phenoxy) is 1. The third-order valence-electron chi connectivity index (χ3n) is 4.36. The van der Waals surface area contributed by atoms with Gasteiger partial charge >= 0.3 is 0 Å². The largest absolute Gasteiger partial charge is 0.491 e. The number of piperidine rings is 1. The number of aliphatic hydroxyl groups excluding tert-OH is 1. The number of aliphatic hydroxyl groups is 1. The zero-order valence-electron chi connectivity index (χ0n) is 14.0. The average molecular weight is 328 g/mol. The first kappa shape index (κ1) is 19.3. The molecule has 0 spiro atoms. The minimum atomic E-state index is -0.425. The molecule has 1 saturated heterocycles. The Morgan fingerprint density at radius 1 is 1.27 bits per heavy atom. The number of β-amino-alcohol motifs (C(OH)–C–C–N with tert-alkyl or cyclic N) is 1. The lowest BCUT2D eigenvalue weighted by Gasteiger charge is -2.34. The van der Waals surface area contributed by atoms with Gasteiger partial charge in [-0.15, -0.1) is 12.4 Å². The van der Waals surface area contributed by atoms with Crippen LogP contribution < -0.4 is 4.74 Å². The maximum absolute atomic E-state index is 10.2. The molecule has 2 atom stereocenters. The van der Waals surface area contributed by atoms with Crippen LogP contribution in [0, 0.1) is 0 Å². The second kappa shape index (κ2) is 9.39. The van der Waals surface area contributed by atoms with Crippen molar-refractivity contribution in [2.45, 2.75) is 58.1 Å². The van der Waals surface area contributed by atoms with Gasteiger partial charge in [0, 0.05) is 12.6 Å². The second-order valence-electron chi connectivity index (χ2n) is 6.50. The third-order valence-corrected chi connectivity index (χ3v) is 4.36. The van der Waals surface area contributed by atoms with Crippen molar-refractivity contribution in [3.8, 4) is 5.75 Å². The van der Waals surface area contributed by atoms with Gasteiger partial charge in [-0.3, -0.25) is 4.90 Å². The molecule has 0 amide bonds. The van der Waals surface area contributed by atoms with E-state index in [1.165, 1.54) is 24.8 Å². The van der Waals surface area contributed by atoms with Gasteiger partial charge in [0.05, 0.1) is 0 Å². The summed E-state index contributed by atoms with van der Waals surface area (Å²) in [6, 6.07) is 8.69.